The highest BCUT2D eigenvalue weighted by Crippen LogP contribution is 2.29. The number of nitrogens with zero attached hydrogens (tertiary/aromatic N) is 4. The number of morpholine rings is 1. The molecule has 0 spiro atoms. The molecule has 2 aliphatic rings. The molecule has 1 aromatic heterocycles. The normalized spacial score (nSPS) is 27.0. The van der Waals surface area contributed by atoms with Crippen LogP contribution in [0.5, 0.6) is 0 Å². The van der Waals surface area contributed by atoms with E-state index in [0.717, 1.165) is 13.1 Å². The molecule has 0 bridgehead atoms. The van der Waals surface area contributed by atoms with E-state index < -0.39 is 15.6 Å². The van der Waals surface area contributed by atoms with Crippen LogP contribution in [0.3, 0.4) is 0 Å². The molecule has 3 rings (SSSR count). The van der Waals surface area contributed by atoms with E-state index in [1.165, 1.54) is 10.5 Å². The average Bonchev–Trinajstić information content (AvgIpc) is 3.12. The minimum atomic E-state index is -3.62. The molecule has 0 aromatic carbocycles. The van der Waals surface area contributed by atoms with Crippen molar-refractivity contribution in [3.05, 3.63) is 11.9 Å². The van der Waals surface area contributed by atoms with Gasteiger partial charge in [-0.1, -0.05) is 0 Å². The first-order chi connectivity index (χ1) is 11.4. The second-order valence-corrected chi connectivity index (χ2v) is 8.52. The molecule has 9 heteroatoms. The third-order valence-electron chi connectivity index (χ3n) is 4.89. The minimum Gasteiger partial charge on any atom is -0.387 e. The first kappa shape index (κ1) is 17.8. The van der Waals surface area contributed by atoms with E-state index in [9.17, 15) is 13.5 Å². The molecule has 136 valence electrons. The summed E-state index contributed by atoms with van der Waals surface area (Å²) in [5.41, 5.74) is -0.361. The maximum atomic E-state index is 12.9. The third-order valence-corrected chi connectivity index (χ3v) is 6.84. The second-order valence-electron chi connectivity index (χ2n) is 6.61. The largest absolute Gasteiger partial charge is 0.387 e. The van der Waals surface area contributed by atoms with Crippen molar-refractivity contribution in [2.24, 2.45) is 0 Å². The molecule has 1 atom stereocenters. The molecule has 3 heterocycles. The Balaban J connectivity index is 1.72. The Bertz CT molecular complexity index is 684. The molecule has 24 heavy (non-hydrogen) atoms. The van der Waals surface area contributed by atoms with Gasteiger partial charge in [0.1, 0.15) is 4.90 Å². The smallest absolute Gasteiger partial charge is 0.246 e. The van der Waals surface area contributed by atoms with Crippen molar-refractivity contribution in [2.45, 2.75) is 37.3 Å². The van der Waals surface area contributed by atoms with E-state index in [-0.39, 0.29) is 11.4 Å². The fourth-order valence-electron chi connectivity index (χ4n) is 3.47. The summed E-state index contributed by atoms with van der Waals surface area (Å²) in [6.07, 6.45) is 1.86. The number of ether oxygens (including phenoxy) is 1. The predicted molar refractivity (Wildman–Crippen MR) is 88.2 cm³/mol. The van der Waals surface area contributed by atoms with Crippen LogP contribution in [-0.4, -0.2) is 84.0 Å². The maximum Gasteiger partial charge on any atom is 0.246 e. The zero-order chi connectivity index (χ0) is 17.4. The van der Waals surface area contributed by atoms with Gasteiger partial charge in [0.25, 0.3) is 0 Å². The van der Waals surface area contributed by atoms with Gasteiger partial charge in [0.2, 0.25) is 10.0 Å². The van der Waals surface area contributed by atoms with Gasteiger partial charge < -0.3 is 9.84 Å². The first-order valence-electron chi connectivity index (χ1n) is 8.41. The van der Waals surface area contributed by atoms with Crippen molar-refractivity contribution in [1.29, 1.82) is 0 Å². The van der Waals surface area contributed by atoms with Crippen LogP contribution in [0.15, 0.2) is 11.1 Å². The highest BCUT2D eigenvalue weighted by molar-refractivity contribution is 7.89. The van der Waals surface area contributed by atoms with Crippen LogP contribution in [0, 0.1) is 6.92 Å². The third kappa shape index (κ3) is 3.36. The van der Waals surface area contributed by atoms with Crippen LogP contribution < -0.4 is 0 Å². The zero-order valence-corrected chi connectivity index (χ0v) is 15.1. The topological polar surface area (TPSA) is 87.9 Å². The van der Waals surface area contributed by atoms with Gasteiger partial charge >= 0.3 is 0 Å². The molecule has 2 aliphatic heterocycles. The lowest BCUT2D eigenvalue weighted by Crippen LogP contribution is -2.49. The van der Waals surface area contributed by atoms with Crippen molar-refractivity contribution in [2.75, 3.05) is 45.9 Å². The fourth-order valence-corrected chi connectivity index (χ4v) is 5.15. The summed E-state index contributed by atoms with van der Waals surface area (Å²) in [5, 5.41) is 15.0. The Morgan fingerprint density at radius 1 is 1.33 bits per heavy atom. The van der Waals surface area contributed by atoms with E-state index in [1.54, 1.807) is 11.6 Å². The fraction of sp³-hybridized carbons (Fsp3) is 0.800. The molecular weight excluding hydrogens is 332 g/mol. The number of aromatic nitrogens is 2. The minimum absolute atomic E-state index is 0.128. The van der Waals surface area contributed by atoms with Crippen LogP contribution in [-0.2, 0) is 21.3 Å². The van der Waals surface area contributed by atoms with E-state index >= 15 is 0 Å². The summed E-state index contributed by atoms with van der Waals surface area (Å²) in [6.45, 7) is 8.13. The van der Waals surface area contributed by atoms with Gasteiger partial charge in [0, 0.05) is 39.3 Å². The van der Waals surface area contributed by atoms with E-state index in [0.29, 0.717) is 45.0 Å². The molecule has 0 aliphatic carbocycles. The summed E-state index contributed by atoms with van der Waals surface area (Å²) in [5.74, 6) is 0. The number of aliphatic hydroxyl groups is 1. The van der Waals surface area contributed by atoms with Crippen LogP contribution >= 0.6 is 0 Å². The Kier molecular flexibility index (Phi) is 4.99. The lowest BCUT2D eigenvalue weighted by atomic mass is 10.0. The Hall–Kier alpha value is -1.00. The Morgan fingerprint density at radius 2 is 2.04 bits per heavy atom. The molecule has 1 unspecified atom stereocenters. The van der Waals surface area contributed by atoms with Crippen LogP contribution in [0.1, 0.15) is 19.0 Å². The zero-order valence-electron chi connectivity index (χ0n) is 14.3. The maximum absolute atomic E-state index is 12.9. The summed E-state index contributed by atoms with van der Waals surface area (Å²) < 4.78 is 34.2. The van der Waals surface area contributed by atoms with Crippen molar-refractivity contribution < 1.29 is 18.3 Å². The number of hydrogen-bond acceptors (Lipinski definition) is 6. The quantitative estimate of drug-likeness (QED) is 0.775. The lowest BCUT2D eigenvalue weighted by Gasteiger charge is -2.33. The second kappa shape index (κ2) is 6.72. The number of rotatable bonds is 5. The number of β-amino-alcohol motifs (C(OH)–C–C–N with tert-alkyl or cyclic N) is 1. The van der Waals surface area contributed by atoms with Gasteiger partial charge in [-0.25, -0.2) is 8.42 Å². The molecule has 0 radical (unpaired) electrons. The van der Waals surface area contributed by atoms with E-state index in [4.69, 9.17) is 4.74 Å². The van der Waals surface area contributed by atoms with Crippen molar-refractivity contribution in [3.8, 4) is 0 Å². The number of hydrogen-bond donors (Lipinski definition) is 1. The molecule has 2 saturated heterocycles. The Labute approximate surface area is 143 Å². The monoisotopic (exact) mass is 358 g/mol. The highest BCUT2D eigenvalue weighted by Gasteiger charge is 2.43. The molecular formula is C15H26N4O4S. The molecule has 0 amide bonds. The molecule has 0 saturated carbocycles. The summed E-state index contributed by atoms with van der Waals surface area (Å²) in [7, 11) is -3.62. The van der Waals surface area contributed by atoms with Crippen LogP contribution in [0.25, 0.3) is 0 Å². The van der Waals surface area contributed by atoms with Crippen molar-refractivity contribution >= 4 is 10.0 Å². The van der Waals surface area contributed by atoms with Gasteiger partial charge in [-0.05, 0) is 20.3 Å². The predicted octanol–water partition coefficient (Wildman–Crippen LogP) is -0.331. The van der Waals surface area contributed by atoms with Gasteiger partial charge in [-0.15, -0.1) is 0 Å². The summed E-state index contributed by atoms with van der Waals surface area (Å²) in [4.78, 5) is 2.37. The average molecular weight is 358 g/mol. The van der Waals surface area contributed by atoms with E-state index in [2.05, 4.69) is 10.00 Å². The van der Waals surface area contributed by atoms with Gasteiger partial charge in [-0.3, -0.25) is 9.58 Å². The van der Waals surface area contributed by atoms with Crippen molar-refractivity contribution in [1.82, 2.24) is 19.0 Å². The molecule has 1 N–H and O–H groups in total. The lowest BCUT2D eigenvalue weighted by molar-refractivity contribution is -0.0239. The van der Waals surface area contributed by atoms with Crippen LogP contribution in [0.4, 0.5) is 0 Å². The summed E-state index contributed by atoms with van der Waals surface area (Å²) in [6, 6.07) is 0. The van der Waals surface area contributed by atoms with E-state index in [1.807, 2.05) is 6.92 Å². The molecule has 1 aromatic rings. The highest BCUT2D eigenvalue weighted by atomic mass is 32.2. The van der Waals surface area contributed by atoms with Gasteiger partial charge in [0.15, 0.2) is 0 Å². The molecule has 8 nitrogen and oxygen atoms in total. The Morgan fingerprint density at radius 3 is 2.67 bits per heavy atom. The standard InChI is InChI=1S/C15H26N4O4S/c1-3-19-13(2)14(10-16-19)24(21,22)18-5-4-15(20,12-18)11-17-6-8-23-9-7-17/h10,20H,3-9,11-12H2,1-2H3. The van der Waals surface area contributed by atoms with Crippen molar-refractivity contribution in [3.63, 3.8) is 0 Å². The molecule has 2 fully saturated rings. The summed E-state index contributed by atoms with van der Waals surface area (Å²) >= 11 is 0. The first-order valence-corrected chi connectivity index (χ1v) is 9.85. The van der Waals surface area contributed by atoms with Gasteiger partial charge in [0.05, 0.1) is 30.7 Å². The van der Waals surface area contributed by atoms with Gasteiger partial charge in [-0.2, -0.15) is 9.40 Å². The van der Waals surface area contributed by atoms with Crippen LogP contribution in [0.2, 0.25) is 0 Å². The number of sulfonamides is 1. The SMILES string of the molecule is CCn1ncc(S(=O)(=O)N2CCC(O)(CN3CCOCC3)C2)c1C. The number of aryl methyl sites for hydroxylation is 1.